The van der Waals surface area contributed by atoms with Crippen molar-refractivity contribution in [2.45, 2.75) is 32.5 Å². The lowest BCUT2D eigenvalue weighted by Gasteiger charge is -2.29. The van der Waals surface area contributed by atoms with Crippen LogP contribution in [0.3, 0.4) is 0 Å². The van der Waals surface area contributed by atoms with Gasteiger partial charge < -0.3 is 19.3 Å². The Morgan fingerprint density at radius 1 is 0.952 bits per heavy atom. The molecule has 7 nitrogen and oxygen atoms in total. The molecule has 212 valence electrons. The molecule has 1 aliphatic heterocycles. The van der Waals surface area contributed by atoms with Crippen LogP contribution in [-0.4, -0.2) is 38.0 Å². The van der Waals surface area contributed by atoms with Crippen molar-refractivity contribution < 1.29 is 28.2 Å². The summed E-state index contributed by atoms with van der Waals surface area (Å²) in [6.45, 7) is 1.14. The summed E-state index contributed by atoms with van der Waals surface area (Å²) < 4.78 is 35.9. The molecule has 0 saturated heterocycles. The van der Waals surface area contributed by atoms with Gasteiger partial charge in [0.05, 0.1) is 19.5 Å². The molecular formula is C33H27F2N3O4. The molecule has 42 heavy (non-hydrogen) atoms. The number of halogens is 2. The maximum Gasteiger partial charge on any atom is 0.339 e. The second-order valence-electron chi connectivity index (χ2n) is 10.3. The summed E-state index contributed by atoms with van der Waals surface area (Å²) >= 11 is 0. The average molecular weight is 568 g/mol. The molecule has 0 bridgehead atoms. The van der Waals surface area contributed by atoms with Crippen molar-refractivity contribution in [3.63, 3.8) is 0 Å². The topological polar surface area (TPSA) is 84.7 Å². The van der Waals surface area contributed by atoms with E-state index in [0.29, 0.717) is 36.3 Å². The molecule has 5 aromatic rings. The first kappa shape index (κ1) is 27.1. The predicted molar refractivity (Wildman–Crippen MR) is 152 cm³/mol. The number of nitrogens with zero attached hydrogens (tertiary/aromatic N) is 3. The van der Waals surface area contributed by atoms with Crippen LogP contribution in [0.15, 0.2) is 85.1 Å². The third kappa shape index (κ3) is 5.45. The second kappa shape index (κ2) is 11.4. The lowest BCUT2D eigenvalue weighted by atomic mass is 10.0. The number of pyridine rings is 1. The number of hydrogen-bond donors (Lipinski definition) is 1. The van der Waals surface area contributed by atoms with Gasteiger partial charge in [-0.15, -0.1) is 0 Å². The largest absolute Gasteiger partial charge is 0.488 e. The van der Waals surface area contributed by atoms with E-state index in [1.54, 1.807) is 23.2 Å². The minimum absolute atomic E-state index is 0.0230. The highest BCUT2D eigenvalue weighted by Gasteiger charge is 2.28. The van der Waals surface area contributed by atoms with Gasteiger partial charge in [-0.25, -0.2) is 18.6 Å². The summed E-state index contributed by atoms with van der Waals surface area (Å²) in [6.07, 6.45) is 2.33. The number of rotatable bonds is 8. The first-order chi connectivity index (χ1) is 20.4. The second-order valence-corrected chi connectivity index (χ2v) is 10.3. The van der Waals surface area contributed by atoms with E-state index in [9.17, 15) is 23.5 Å². The molecule has 0 unspecified atom stereocenters. The smallest absolute Gasteiger partial charge is 0.339 e. The monoisotopic (exact) mass is 567 g/mol. The van der Waals surface area contributed by atoms with E-state index in [2.05, 4.69) is 4.98 Å². The number of carbonyl (C=O) groups excluding carboxylic acids is 1. The van der Waals surface area contributed by atoms with E-state index >= 15 is 0 Å². The molecule has 0 radical (unpaired) electrons. The number of benzene rings is 3. The van der Waals surface area contributed by atoms with Crippen LogP contribution in [0, 0.1) is 11.6 Å². The van der Waals surface area contributed by atoms with Gasteiger partial charge in [-0.05, 0) is 53.4 Å². The van der Waals surface area contributed by atoms with Crippen molar-refractivity contribution in [3.05, 3.63) is 130 Å². The molecule has 0 spiro atoms. The lowest BCUT2D eigenvalue weighted by molar-refractivity contribution is -0.131. The number of carboxylic acid groups (broad SMARTS) is 1. The number of aromatic nitrogens is 2. The minimum Gasteiger partial charge on any atom is -0.488 e. The summed E-state index contributed by atoms with van der Waals surface area (Å²) in [6, 6.07) is 21.5. The number of hydrogen-bond acceptors (Lipinski definition) is 4. The summed E-state index contributed by atoms with van der Waals surface area (Å²) in [4.78, 5) is 31.6. The van der Waals surface area contributed by atoms with Crippen LogP contribution in [0.5, 0.6) is 5.75 Å². The van der Waals surface area contributed by atoms with E-state index in [-0.39, 0.29) is 36.8 Å². The highest BCUT2D eigenvalue weighted by atomic mass is 19.1. The van der Waals surface area contributed by atoms with Crippen molar-refractivity contribution in [3.8, 4) is 5.75 Å². The summed E-state index contributed by atoms with van der Waals surface area (Å²) in [5.41, 5.74) is 4.48. The normalized spacial score (nSPS) is 12.8. The van der Waals surface area contributed by atoms with Crippen molar-refractivity contribution in [1.82, 2.24) is 14.5 Å². The summed E-state index contributed by atoms with van der Waals surface area (Å²) in [7, 11) is 0. The van der Waals surface area contributed by atoms with Crippen molar-refractivity contribution >= 4 is 22.9 Å². The predicted octanol–water partition coefficient (Wildman–Crippen LogP) is 5.77. The van der Waals surface area contributed by atoms with E-state index in [0.717, 1.165) is 28.3 Å². The maximum absolute atomic E-state index is 14.6. The van der Waals surface area contributed by atoms with E-state index in [4.69, 9.17) is 4.74 Å². The Balaban J connectivity index is 1.24. The molecule has 3 heterocycles. The first-order valence-electron chi connectivity index (χ1n) is 13.6. The molecule has 1 aliphatic rings. The standard InChI is InChI=1S/C33H27F2N3O4/c34-24-10-9-23(28(35)17-24)18-38-29-19-37(14-12-25(29)26-7-4-13-36-32(26)38)31(39)16-22-8-11-27(33(40)41)30(15-22)42-20-21-5-2-1-3-6-21/h1-11,13,15,17H,12,14,16,18-20H2,(H,40,41). The van der Waals surface area contributed by atoms with Crippen molar-refractivity contribution in [1.29, 1.82) is 0 Å². The van der Waals surface area contributed by atoms with Crippen molar-refractivity contribution in [2.75, 3.05) is 6.54 Å². The Hall–Kier alpha value is -5.05. The molecule has 0 aliphatic carbocycles. The van der Waals surface area contributed by atoms with E-state index in [1.807, 2.05) is 47.0 Å². The zero-order valence-corrected chi connectivity index (χ0v) is 22.6. The summed E-state index contributed by atoms with van der Waals surface area (Å²) in [5.74, 6) is -2.32. The Morgan fingerprint density at radius 2 is 1.79 bits per heavy atom. The highest BCUT2D eigenvalue weighted by Crippen LogP contribution is 2.31. The molecule has 2 aromatic heterocycles. The molecule has 1 amide bonds. The number of carboxylic acids is 1. The van der Waals surface area contributed by atoms with Crippen LogP contribution < -0.4 is 4.74 Å². The van der Waals surface area contributed by atoms with Gasteiger partial charge in [0, 0.05) is 35.5 Å². The molecule has 6 rings (SSSR count). The van der Waals surface area contributed by atoms with Gasteiger partial charge >= 0.3 is 5.97 Å². The summed E-state index contributed by atoms with van der Waals surface area (Å²) in [5, 5.41) is 10.6. The number of aromatic carboxylic acids is 1. The molecule has 0 fully saturated rings. The lowest BCUT2D eigenvalue weighted by Crippen LogP contribution is -2.37. The van der Waals surface area contributed by atoms with Crippen LogP contribution in [0.2, 0.25) is 0 Å². The molecule has 0 atom stereocenters. The molecule has 9 heteroatoms. The Morgan fingerprint density at radius 3 is 2.57 bits per heavy atom. The van der Waals surface area contributed by atoms with Crippen LogP contribution in [-0.2, 0) is 37.3 Å². The van der Waals surface area contributed by atoms with Gasteiger partial charge in [0.15, 0.2) is 0 Å². The van der Waals surface area contributed by atoms with E-state index in [1.165, 1.54) is 18.2 Å². The van der Waals surface area contributed by atoms with Gasteiger partial charge in [-0.3, -0.25) is 4.79 Å². The van der Waals surface area contributed by atoms with Crippen molar-refractivity contribution in [2.24, 2.45) is 0 Å². The highest BCUT2D eigenvalue weighted by molar-refractivity contribution is 5.91. The van der Waals surface area contributed by atoms with Gasteiger partial charge in [0.1, 0.15) is 35.2 Å². The average Bonchev–Trinajstić information content (AvgIpc) is 3.30. The number of amides is 1. The molecule has 1 N–H and O–H groups in total. The maximum atomic E-state index is 14.6. The Kier molecular flexibility index (Phi) is 7.39. The molecule has 3 aromatic carbocycles. The fourth-order valence-electron chi connectivity index (χ4n) is 5.46. The number of ether oxygens (including phenoxy) is 1. The first-order valence-corrected chi connectivity index (χ1v) is 13.6. The Bertz CT molecular complexity index is 1800. The number of fused-ring (bicyclic) bond motifs is 3. The van der Waals surface area contributed by atoms with Gasteiger partial charge in [0.2, 0.25) is 5.91 Å². The van der Waals surface area contributed by atoms with Crippen LogP contribution in [0.1, 0.15) is 38.3 Å². The van der Waals surface area contributed by atoms with Gasteiger partial charge in [0.25, 0.3) is 0 Å². The zero-order valence-electron chi connectivity index (χ0n) is 22.6. The quantitative estimate of drug-likeness (QED) is 0.258. The van der Waals surface area contributed by atoms with Gasteiger partial charge in [-0.2, -0.15) is 0 Å². The zero-order chi connectivity index (χ0) is 29.2. The van der Waals surface area contributed by atoms with Gasteiger partial charge in [-0.1, -0.05) is 42.5 Å². The molecule has 0 saturated carbocycles. The third-order valence-corrected chi connectivity index (χ3v) is 7.58. The fourth-order valence-corrected chi connectivity index (χ4v) is 5.46. The molecular weight excluding hydrogens is 540 g/mol. The third-order valence-electron chi connectivity index (χ3n) is 7.58. The minimum atomic E-state index is -1.11. The van der Waals surface area contributed by atoms with Crippen LogP contribution in [0.25, 0.3) is 11.0 Å². The van der Waals surface area contributed by atoms with Crippen LogP contribution >= 0.6 is 0 Å². The fraction of sp³-hybridized carbons (Fsp3) is 0.182. The van der Waals surface area contributed by atoms with Crippen LogP contribution in [0.4, 0.5) is 8.78 Å². The Labute approximate surface area is 240 Å². The SMILES string of the molecule is O=C(O)c1ccc(CC(=O)N2CCc3c(n(Cc4ccc(F)cc4F)c4ncccc34)C2)cc1OCc1ccccc1. The van der Waals surface area contributed by atoms with E-state index < -0.39 is 17.6 Å². The number of carbonyl (C=O) groups is 2.